The summed E-state index contributed by atoms with van der Waals surface area (Å²) in [6, 6.07) is 2.49. The number of hydrogen-bond donors (Lipinski definition) is 5. The predicted molar refractivity (Wildman–Crippen MR) is 73.5 cm³/mol. The lowest BCUT2D eigenvalue weighted by Crippen LogP contribution is -2.14. The van der Waals surface area contributed by atoms with Gasteiger partial charge in [-0.05, 0) is 12.1 Å². The Kier molecular flexibility index (Phi) is 7.37. The molecule has 1 aromatic rings. The first-order valence-electron chi connectivity index (χ1n) is 5.34. The van der Waals surface area contributed by atoms with E-state index in [1.165, 1.54) is 0 Å². The zero-order valence-corrected chi connectivity index (χ0v) is 12.5. The van der Waals surface area contributed by atoms with Gasteiger partial charge in [0.2, 0.25) is 0 Å². The largest absolute Gasteiger partial charge is 0.478 e. The standard InChI is InChI=1S/C7H6O9S2.C2H8N2/c8-7(9)4-2-1-3-5(17(10,11)12)6(4)16-18(13,14)15;3-1-2-4/h1-3H,(H,8,9)(H,10,11,12)(H,13,14,15);1-4H2. The number of carboxylic acids is 1. The van der Waals surface area contributed by atoms with Crippen molar-refractivity contribution < 1.29 is 40.0 Å². The maximum Gasteiger partial charge on any atom is 0.446 e. The van der Waals surface area contributed by atoms with Gasteiger partial charge in [0.25, 0.3) is 10.1 Å². The highest BCUT2D eigenvalue weighted by atomic mass is 32.3. The van der Waals surface area contributed by atoms with Crippen LogP contribution in [0.15, 0.2) is 23.1 Å². The van der Waals surface area contributed by atoms with Crippen molar-refractivity contribution in [2.24, 2.45) is 11.5 Å². The van der Waals surface area contributed by atoms with Gasteiger partial charge in [0.05, 0.1) is 0 Å². The molecule has 22 heavy (non-hydrogen) atoms. The number of para-hydroxylation sites is 1. The highest BCUT2D eigenvalue weighted by molar-refractivity contribution is 7.86. The SMILES string of the molecule is NCCN.O=C(O)c1cccc(S(=O)(=O)O)c1OS(=O)(=O)O. The predicted octanol–water partition coefficient (Wildman–Crippen LogP) is -1.28. The molecule has 0 spiro atoms. The number of carbonyl (C=O) groups is 1. The highest BCUT2D eigenvalue weighted by Crippen LogP contribution is 2.29. The van der Waals surface area contributed by atoms with Crippen molar-refractivity contribution in [2.75, 3.05) is 13.1 Å². The van der Waals surface area contributed by atoms with Crippen molar-refractivity contribution in [2.45, 2.75) is 4.90 Å². The van der Waals surface area contributed by atoms with Gasteiger partial charge < -0.3 is 20.8 Å². The van der Waals surface area contributed by atoms with Gasteiger partial charge in [-0.25, -0.2) is 4.79 Å². The Labute approximate surface area is 126 Å². The first kappa shape index (κ1) is 20.2. The number of nitrogens with two attached hydrogens (primary N) is 2. The van der Waals surface area contributed by atoms with Crippen molar-refractivity contribution in [3.63, 3.8) is 0 Å². The molecule has 0 heterocycles. The second kappa shape index (κ2) is 8.02. The fourth-order valence-electron chi connectivity index (χ4n) is 1.08. The van der Waals surface area contributed by atoms with E-state index in [-0.39, 0.29) is 0 Å². The summed E-state index contributed by atoms with van der Waals surface area (Å²) in [4.78, 5) is 9.66. The summed E-state index contributed by atoms with van der Waals surface area (Å²) < 4.78 is 64.0. The molecule has 11 nitrogen and oxygen atoms in total. The molecule has 0 aliphatic heterocycles. The Hall–Kier alpha value is -1.77. The van der Waals surface area contributed by atoms with Crippen LogP contribution in [0, 0.1) is 0 Å². The maximum atomic E-state index is 10.9. The number of aromatic carboxylic acids is 1. The lowest BCUT2D eigenvalue weighted by Gasteiger charge is -2.09. The Balaban J connectivity index is 0.000000980. The summed E-state index contributed by atoms with van der Waals surface area (Å²) in [5.41, 5.74) is 8.95. The molecule has 0 atom stereocenters. The molecule has 0 aromatic heterocycles. The Morgan fingerprint density at radius 3 is 1.91 bits per heavy atom. The summed E-state index contributed by atoms with van der Waals surface area (Å²) in [6.45, 7) is 1.19. The third-order valence-electron chi connectivity index (χ3n) is 1.84. The van der Waals surface area contributed by atoms with E-state index in [1.54, 1.807) is 0 Å². The summed E-state index contributed by atoms with van der Waals surface area (Å²) in [7, 11) is -10.1. The van der Waals surface area contributed by atoms with Crippen molar-refractivity contribution in [3.8, 4) is 5.75 Å². The van der Waals surface area contributed by atoms with Crippen LogP contribution in [0.25, 0.3) is 0 Å². The van der Waals surface area contributed by atoms with E-state index in [0.717, 1.165) is 12.1 Å². The van der Waals surface area contributed by atoms with Crippen LogP contribution in [0.2, 0.25) is 0 Å². The van der Waals surface area contributed by atoms with Gasteiger partial charge in [-0.3, -0.25) is 9.11 Å². The second-order valence-electron chi connectivity index (χ2n) is 3.50. The summed E-state index contributed by atoms with van der Waals surface area (Å²) in [6.07, 6.45) is 0. The van der Waals surface area contributed by atoms with Crippen molar-refractivity contribution in [3.05, 3.63) is 23.8 Å². The molecule has 13 heteroatoms. The number of benzene rings is 1. The van der Waals surface area contributed by atoms with E-state index >= 15 is 0 Å². The average molecular weight is 358 g/mol. The zero-order valence-electron chi connectivity index (χ0n) is 10.9. The molecule has 0 saturated carbocycles. The van der Waals surface area contributed by atoms with E-state index in [2.05, 4.69) is 4.18 Å². The van der Waals surface area contributed by atoms with Gasteiger partial charge in [0, 0.05) is 13.1 Å². The van der Waals surface area contributed by atoms with Gasteiger partial charge in [-0.2, -0.15) is 16.8 Å². The fourth-order valence-corrected chi connectivity index (χ4v) is 2.16. The van der Waals surface area contributed by atoms with E-state index in [4.69, 9.17) is 25.7 Å². The van der Waals surface area contributed by atoms with Crippen molar-refractivity contribution in [1.82, 2.24) is 0 Å². The van der Waals surface area contributed by atoms with Gasteiger partial charge in [0.1, 0.15) is 10.5 Å². The van der Waals surface area contributed by atoms with Crippen LogP contribution in [0.4, 0.5) is 0 Å². The highest BCUT2D eigenvalue weighted by Gasteiger charge is 2.26. The minimum absolute atomic E-state index is 0.597. The summed E-state index contributed by atoms with van der Waals surface area (Å²) in [5, 5.41) is 8.72. The molecular formula is C9H14N2O9S2. The van der Waals surface area contributed by atoms with Gasteiger partial charge in [-0.15, -0.1) is 0 Å². The van der Waals surface area contributed by atoms with E-state index in [1.807, 2.05) is 0 Å². The lowest BCUT2D eigenvalue weighted by atomic mass is 10.2. The monoisotopic (exact) mass is 358 g/mol. The Morgan fingerprint density at radius 2 is 1.59 bits per heavy atom. The van der Waals surface area contributed by atoms with Crippen LogP contribution in [0.1, 0.15) is 10.4 Å². The van der Waals surface area contributed by atoms with Gasteiger partial charge in [-0.1, -0.05) is 6.07 Å². The smallest absolute Gasteiger partial charge is 0.446 e. The summed E-state index contributed by atoms with van der Waals surface area (Å²) in [5.74, 6) is -2.91. The van der Waals surface area contributed by atoms with Gasteiger partial charge in [0.15, 0.2) is 5.75 Å². The van der Waals surface area contributed by atoms with Crippen molar-refractivity contribution >= 4 is 26.5 Å². The van der Waals surface area contributed by atoms with E-state index in [0.29, 0.717) is 19.2 Å². The second-order valence-corrected chi connectivity index (χ2v) is 5.91. The molecule has 1 aromatic carbocycles. The van der Waals surface area contributed by atoms with Crippen LogP contribution in [0.3, 0.4) is 0 Å². The first-order valence-corrected chi connectivity index (χ1v) is 8.15. The normalized spacial score (nSPS) is 11.3. The topological polar surface area (TPSA) is 207 Å². The number of carboxylic acid groups (broad SMARTS) is 1. The number of rotatable bonds is 5. The Morgan fingerprint density at radius 1 is 1.09 bits per heavy atom. The molecular weight excluding hydrogens is 344 g/mol. The van der Waals surface area contributed by atoms with Crippen LogP contribution in [-0.4, -0.2) is 50.1 Å². The maximum absolute atomic E-state index is 10.9. The van der Waals surface area contributed by atoms with Crippen molar-refractivity contribution in [1.29, 1.82) is 0 Å². The molecule has 0 bridgehead atoms. The van der Waals surface area contributed by atoms with Crippen LogP contribution in [0.5, 0.6) is 5.75 Å². The molecule has 126 valence electrons. The average Bonchev–Trinajstić information content (AvgIpc) is 2.35. The van der Waals surface area contributed by atoms with Crippen LogP contribution >= 0.6 is 0 Å². The van der Waals surface area contributed by atoms with Gasteiger partial charge >= 0.3 is 16.4 Å². The third kappa shape index (κ3) is 6.79. The number of hydrogen-bond acceptors (Lipinski definition) is 8. The minimum Gasteiger partial charge on any atom is -0.478 e. The lowest BCUT2D eigenvalue weighted by molar-refractivity contribution is 0.0694. The zero-order chi connectivity index (χ0) is 17.6. The molecule has 0 saturated heterocycles. The van der Waals surface area contributed by atoms with E-state index < -0.39 is 42.7 Å². The first-order chi connectivity index (χ1) is 9.94. The molecule has 0 aliphatic rings. The minimum atomic E-state index is -5.15. The van der Waals surface area contributed by atoms with Crippen LogP contribution < -0.4 is 15.7 Å². The quantitative estimate of drug-likeness (QED) is 0.391. The molecule has 7 N–H and O–H groups in total. The molecule has 1 rings (SSSR count). The molecule has 0 radical (unpaired) electrons. The summed E-state index contributed by atoms with van der Waals surface area (Å²) >= 11 is 0. The molecule has 0 unspecified atom stereocenters. The fraction of sp³-hybridized carbons (Fsp3) is 0.222. The molecule has 0 amide bonds. The Bertz CT molecular complexity index is 725. The molecule has 0 fully saturated rings. The third-order valence-corrected chi connectivity index (χ3v) is 3.10. The van der Waals surface area contributed by atoms with E-state index in [9.17, 15) is 21.6 Å². The van der Waals surface area contributed by atoms with Crippen LogP contribution in [-0.2, 0) is 20.5 Å². The molecule has 0 aliphatic carbocycles.